The fourth-order valence-electron chi connectivity index (χ4n) is 3.03. The molecule has 1 amide bonds. The molecule has 3 N–H and O–H groups in total. The van der Waals surface area contributed by atoms with Gasteiger partial charge in [-0.2, -0.15) is 0 Å². The zero-order valence-corrected chi connectivity index (χ0v) is 16.7. The van der Waals surface area contributed by atoms with E-state index in [1.807, 2.05) is 37.3 Å². The first-order valence-electron chi connectivity index (χ1n) is 9.66. The fraction of sp³-hybridized carbons (Fsp3) is 0.273. The highest BCUT2D eigenvalue weighted by Crippen LogP contribution is 2.14. The van der Waals surface area contributed by atoms with Gasteiger partial charge in [-0.15, -0.1) is 0 Å². The largest absolute Gasteiger partial charge is 0.326 e. The van der Waals surface area contributed by atoms with Gasteiger partial charge >= 0.3 is 0 Å². The maximum Gasteiger partial charge on any atom is 0.254 e. The molecule has 0 spiro atoms. The molecule has 150 valence electrons. The van der Waals surface area contributed by atoms with Crippen LogP contribution in [0, 0.1) is 6.92 Å². The van der Waals surface area contributed by atoms with E-state index in [2.05, 4.69) is 25.6 Å². The van der Waals surface area contributed by atoms with Crippen LogP contribution >= 0.6 is 0 Å². The molecular formula is C22H25N5O2. The van der Waals surface area contributed by atoms with Crippen molar-refractivity contribution in [2.24, 2.45) is 0 Å². The number of hydrogen-bond acceptors (Lipinski definition) is 5. The van der Waals surface area contributed by atoms with Crippen LogP contribution in [0.15, 0.2) is 53.6 Å². The van der Waals surface area contributed by atoms with Crippen LogP contribution in [0.2, 0.25) is 0 Å². The number of aromatic nitrogens is 3. The Morgan fingerprint density at radius 3 is 2.79 bits per heavy atom. The van der Waals surface area contributed by atoms with E-state index in [0.29, 0.717) is 23.5 Å². The number of rotatable bonds is 8. The molecule has 29 heavy (non-hydrogen) atoms. The van der Waals surface area contributed by atoms with Gasteiger partial charge in [-0.1, -0.05) is 19.1 Å². The van der Waals surface area contributed by atoms with E-state index in [1.165, 1.54) is 0 Å². The molecule has 0 saturated heterocycles. The number of nitrogens with zero attached hydrogens (tertiary/aromatic N) is 2. The third-order valence-electron chi connectivity index (χ3n) is 4.55. The predicted octanol–water partition coefficient (Wildman–Crippen LogP) is 2.82. The summed E-state index contributed by atoms with van der Waals surface area (Å²) in [5.41, 5.74) is 3.51. The molecule has 7 heteroatoms. The zero-order valence-electron chi connectivity index (χ0n) is 16.7. The third kappa shape index (κ3) is 5.58. The number of aromatic amines is 1. The Morgan fingerprint density at radius 2 is 2.07 bits per heavy atom. The number of carbonyl (C=O) groups is 1. The number of aryl methyl sites for hydroxylation is 1. The van der Waals surface area contributed by atoms with Crippen LogP contribution in [0.25, 0.3) is 11.4 Å². The van der Waals surface area contributed by atoms with Crippen LogP contribution in [-0.4, -0.2) is 27.4 Å². The van der Waals surface area contributed by atoms with Crippen molar-refractivity contribution in [1.29, 1.82) is 0 Å². The molecule has 0 bridgehead atoms. The van der Waals surface area contributed by atoms with E-state index in [1.54, 1.807) is 25.4 Å². The molecule has 3 aromatic rings. The van der Waals surface area contributed by atoms with E-state index in [-0.39, 0.29) is 17.9 Å². The molecule has 0 aliphatic carbocycles. The van der Waals surface area contributed by atoms with E-state index < -0.39 is 0 Å². The summed E-state index contributed by atoms with van der Waals surface area (Å²) in [6.07, 6.45) is 3.84. The zero-order chi connectivity index (χ0) is 20.6. The predicted molar refractivity (Wildman–Crippen MR) is 114 cm³/mol. The standard InChI is InChI=1S/C22H25N5O2/c1-3-23-13-16-6-4-8-18(12-16)26-20(28)10-9-19-15(2)25-21(27-22(19)29)17-7-5-11-24-14-17/h4-8,11-12,14,23H,3,9-10,13H2,1-2H3,(H,26,28)(H,25,27,29). The number of nitrogens with one attached hydrogen (secondary N) is 3. The van der Waals surface area contributed by atoms with E-state index in [4.69, 9.17) is 0 Å². The SMILES string of the molecule is CCNCc1cccc(NC(=O)CCc2c(C)nc(-c3cccnc3)[nH]c2=O)c1. The topological polar surface area (TPSA) is 99.8 Å². The van der Waals surface area contributed by atoms with Gasteiger partial charge in [0.15, 0.2) is 0 Å². The summed E-state index contributed by atoms with van der Waals surface area (Å²) in [7, 11) is 0. The number of anilines is 1. The highest BCUT2D eigenvalue weighted by molar-refractivity contribution is 5.90. The summed E-state index contributed by atoms with van der Waals surface area (Å²) in [6, 6.07) is 11.4. The highest BCUT2D eigenvalue weighted by atomic mass is 16.1. The molecule has 0 unspecified atom stereocenters. The first kappa shape index (κ1) is 20.4. The summed E-state index contributed by atoms with van der Waals surface area (Å²) in [5.74, 6) is 0.340. The van der Waals surface area contributed by atoms with Crippen LogP contribution in [-0.2, 0) is 17.8 Å². The first-order chi connectivity index (χ1) is 14.1. The molecule has 2 aromatic heterocycles. The molecule has 0 radical (unpaired) electrons. The van der Waals surface area contributed by atoms with Crippen molar-refractivity contribution in [3.05, 3.63) is 76.0 Å². The van der Waals surface area contributed by atoms with Gasteiger partial charge in [-0.05, 0) is 49.7 Å². The molecule has 0 fully saturated rings. The van der Waals surface area contributed by atoms with Crippen molar-refractivity contribution in [3.63, 3.8) is 0 Å². The van der Waals surface area contributed by atoms with Crippen molar-refractivity contribution >= 4 is 11.6 Å². The van der Waals surface area contributed by atoms with Gasteiger partial charge in [-0.25, -0.2) is 4.98 Å². The van der Waals surface area contributed by atoms with Crippen molar-refractivity contribution in [2.45, 2.75) is 33.2 Å². The molecule has 7 nitrogen and oxygen atoms in total. The lowest BCUT2D eigenvalue weighted by atomic mass is 10.1. The Hall–Kier alpha value is -3.32. The molecule has 0 aliphatic rings. The van der Waals surface area contributed by atoms with E-state index in [0.717, 1.165) is 29.9 Å². The van der Waals surface area contributed by atoms with Crippen LogP contribution < -0.4 is 16.2 Å². The Morgan fingerprint density at radius 1 is 1.21 bits per heavy atom. The quantitative estimate of drug-likeness (QED) is 0.548. The highest BCUT2D eigenvalue weighted by Gasteiger charge is 2.12. The van der Waals surface area contributed by atoms with Gasteiger partial charge < -0.3 is 15.6 Å². The Kier molecular flexibility index (Phi) is 6.86. The minimum Gasteiger partial charge on any atom is -0.326 e. The van der Waals surface area contributed by atoms with E-state index in [9.17, 15) is 9.59 Å². The van der Waals surface area contributed by atoms with Gasteiger partial charge in [0.05, 0.1) is 0 Å². The smallest absolute Gasteiger partial charge is 0.254 e. The Balaban J connectivity index is 1.64. The monoisotopic (exact) mass is 391 g/mol. The molecular weight excluding hydrogens is 366 g/mol. The number of benzene rings is 1. The average molecular weight is 391 g/mol. The second-order valence-electron chi connectivity index (χ2n) is 6.75. The lowest BCUT2D eigenvalue weighted by molar-refractivity contribution is -0.116. The van der Waals surface area contributed by atoms with Crippen molar-refractivity contribution in [2.75, 3.05) is 11.9 Å². The Labute approximate surface area is 169 Å². The van der Waals surface area contributed by atoms with Crippen LogP contribution in [0.5, 0.6) is 0 Å². The maximum absolute atomic E-state index is 12.5. The number of pyridine rings is 1. The van der Waals surface area contributed by atoms with Crippen LogP contribution in [0.4, 0.5) is 5.69 Å². The lowest BCUT2D eigenvalue weighted by Gasteiger charge is -2.09. The summed E-state index contributed by atoms with van der Waals surface area (Å²) in [4.78, 5) is 36.2. The van der Waals surface area contributed by atoms with Crippen LogP contribution in [0.1, 0.15) is 30.2 Å². The van der Waals surface area contributed by atoms with Gasteiger partial charge in [0.25, 0.3) is 5.56 Å². The normalized spacial score (nSPS) is 10.7. The molecule has 2 heterocycles. The lowest BCUT2D eigenvalue weighted by Crippen LogP contribution is -2.20. The number of H-pyrrole nitrogens is 1. The molecule has 3 rings (SSSR count). The van der Waals surface area contributed by atoms with Crippen molar-refractivity contribution in [1.82, 2.24) is 20.3 Å². The number of hydrogen-bond donors (Lipinski definition) is 3. The summed E-state index contributed by atoms with van der Waals surface area (Å²) < 4.78 is 0. The second kappa shape index (κ2) is 9.75. The van der Waals surface area contributed by atoms with E-state index >= 15 is 0 Å². The molecule has 0 aliphatic heterocycles. The van der Waals surface area contributed by atoms with Gasteiger partial charge in [-0.3, -0.25) is 14.6 Å². The summed E-state index contributed by atoms with van der Waals surface area (Å²) >= 11 is 0. The van der Waals surface area contributed by atoms with Crippen molar-refractivity contribution in [3.8, 4) is 11.4 Å². The Bertz CT molecular complexity index is 1030. The number of amides is 1. The van der Waals surface area contributed by atoms with Crippen molar-refractivity contribution < 1.29 is 4.79 Å². The summed E-state index contributed by atoms with van der Waals surface area (Å²) in [6.45, 7) is 5.47. The van der Waals surface area contributed by atoms with Gasteiger partial charge in [0.1, 0.15) is 5.82 Å². The molecule has 1 aromatic carbocycles. The van der Waals surface area contributed by atoms with Gasteiger partial charge in [0, 0.05) is 47.9 Å². The second-order valence-corrected chi connectivity index (χ2v) is 6.75. The van der Waals surface area contributed by atoms with Gasteiger partial charge in [0.2, 0.25) is 5.91 Å². The van der Waals surface area contributed by atoms with Crippen LogP contribution in [0.3, 0.4) is 0 Å². The average Bonchev–Trinajstić information content (AvgIpc) is 2.72. The minimum atomic E-state index is -0.225. The minimum absolute atomic E-state index is 0.138. The summed E-state index contributed by atoms with van der Waals surface area (Å²) in [5, 5.41) is 6.16. The molecule has 0 saturated carbocycles. The third-order valence-corrected chi connectivity index (χ3v) is 4.55. The maximum atomic E-state index is 12.5. The fourth-order valence-corrected chi connectivity index (χ4v) is 3.03. The molecule has 0 atom stereocenters. The number of carbonyl (C=O) groups excluding carboxylic acids is 1. The first-order valence-corrected chi connectivity index (χ1v) is 9.66.